The van der Waals surface area contributed by atoms with Crippen LogP contribution in [-0.4, -0.2) is 68.9 Å². The van der Waals surface area contributed by atoms with Crippen molar-refractivity contribution in [3.05, 3.63) is 45.9 Å². The van der Waals surface area contributed by atoms with Crippen molar-refractivity contribution < 1.29 is 9.47 Å². The van der Waals surface area contributed by atoms with E-state index in [4.69, 9.17) is 14.5 Å². The summed E-state index contributed by atoms with van der Waals surface area (Å²) < 4.78 is 10.9. The minimum absolute atomic E-state index is 0.205. The second-order valence-corrected chi connectivity index (χ2v) is 8.25. The molecule has 1 fully saturated rings. The van der Waals surface area contributed by atoms with E-state index >= 15 is 0 Å². The van der Waals surface area contributed by atoms with Crippen LogP contribution in [-0.2, 0) is 11.2 Å². The minimum Gasteiger partial charge on any atom is -0.497 e. The van der Waals surface area contributed by atoms with E-state index in [1.807, 2.05) is 19.1 Å². The summed E-state index contributed by atoms with van der Waals surface area (Å²) in [5, 5.41) is 10.0. The number of guanidine groups is 1. The Balaban J connectivity index is 1.66. The van der Waals surface area contributed by atoms with Gasteiger partial charge in [0.15, 0.2) is 5.96 Å². The molecule has 1 atom stereocenters. The molecule has 1 unspecified atom stereocenters. The quantitative estimate of drug-likeness (QED) is 0.470. The molecule has 8 heteroatoms. The number of benzene rings is 1. The van der Waals surface area contributed by atoms with Gasteiger partial charge in [-0.3, -0.25) is 9.89 Å². The highest BCUT2D eigenvalue weighted by molar-refractivity contribution is 7.09. The fourth-order valence-corrected chi connectivity index (χ4v) is 4.15. The largest absolute Gasteiger partial charge is 0.497 e. The number of methoxy groups -OCH3 is 1. The zero-order valence-corrected chi connectivity index (χ0v) is 19.0. The van der Waals surface area contributed by atoms with Crippen molar-refractivity contribution >= 4 is 17.3 Å². The fraction of sp³-hybridized carbons (Fsp3) is 0.545. The highest BCUT2D eigenvalue weighted by Crippen LogP contribution is 2.24. The predicted octanol–water partition coefficient (Wildman–Crippen LogP) is 2.63. The normalized spacial score (nSPS) is 16.3. The average molecular weight is 432 g/mol. The van der Waals surface area contributed by atoms with Crippen molar-refractivity contribution in [2.75, 3.05) is 53.0 Å². The van der Waals surface area contributed by atoms with Gasteiger partial charge in [0.2, 0.25) is 0 Å². The molecule has 0 radical (unpaired) electrons. The van der Waals surface area contributed by atoms with Crippen molar-refractivity contribution in [1.29, 1.82) is 0 Å². The molecule has 2 heterocycles. The molecule has 0 spiro atoms. The molecule has 1 aliphatic heterocycles. The lowest BCUT2D eigenvalue weighted by Gasteiger charge is -2.34. The van der Waals surface area contributed by atoms with Crippen LogP contribution in [0.25, 0.3) is 0 Å². The number of rotatable bonds is 9. The number of aromatic nitrogens is 1. The van der Waals surface area contributed by atoms with Crippen LogP contribution in [0.3, 0.4) is 0 Å². The first kappa shape index (κ1) is 22.5. The fourth-order valence-electron chi connectivity index (χ4n) is 3.50. The molecule has 1 saturated heterocycles. The number of nitrogens with zero attached hydrogens (tertiary/aromatic N) is 3. The monoisotopic (exact) mass is 431 g/mol. The number of hydrogen-bond acceptors (Lipinski definition) is 6. The van der Waals surface area contributed by atoms with Gasteiger partial charge in [0.05, 0.1) is 43.6 Å². The average Bonchev–Trinajstić information content (AvgIpc) is 3.20. The van der Waals surface area contributed by atoms with Gasteiger partial charge in [0, 0.05) is 38.0 Å². The molecule has 1 aromatic heterocycles. The Morgan fingerprint density at radius 2 is 2.03 bits per heavy atom. The first-order chi connectivity index (χ1) is 14.7. The maximum atomic E-state index is 5.56. The molecule has 0 aliphatic carbocycles. The van der Waals surface area contributed by atoms with Crippen LogP contribution in [0.15, 0.2) is 34.6 Å². The Morgan fingerprint density at radius 1 is 1.27 bits per heavy atom. The summed E-state index contributed by atoms with van der Waals surface area (Å²) in [4.78, 5) is 11.9. The van der Waals surface area contributed by atoms with Crippen LogP contribution in [0.5, 0.6) is 5.75 Å². The van der Waals surface area contributed by atoms with Crippen LogP contribution < -0.4 is 15.4 Å². The van der Waals surface area contributed by atoms with Gasteiger partial charge in [0.25, 0.3) is 0 Å². The van der Waals surface area contributed by atoms with Crippen LogP contribution in [0.4, 0.5) is 0 Å². The summed E-state index contributed by atoms with van der Waals surface area (Å²) in [5.74, 6) is 1.71. The van der Waals surface area contributed by atoms with Gasteiger partial charge in [-0.15, -0.1) is 11.3 Å². The third kappa shape index (κ3) is 6.68. The van der Waals surface area contributed by atoms with E-state index in [-0.39, 0.29) is 6.04 Å². The van der Waals surface area contributed by atoms with Crippen LogP contribution >= 0.6 is 11.3 Å². The number of morpholine rings is 1. The lowest BCUT2D eigenvalue weighted by molar-refractivity contribution is 0.0179. The standard InChI is InChI=1S/C22H33N5O2S/c1-4-23-22(24-10-9-19-16-30-17(2)26-19)25-15-21(27-11-13-29-14-12-27)18-5-7-20(28-3)8-6-18/h5-8,16,21H,4,9-15H2,1-3H3,(H2,23,24,25). The Labute approximate surface area is 183 Å². The van der Waals surface area contributed by atoms with E-state index < -0.39 is 0 Å². The summed E-state index contributed by atoms with van der Waals surface area (Å²) in [6.07, 6.45) is 0.889. The van der Waals surface area contributed by atoms with Gasteiger partial charge in [-0.2, -0.15) is 0 Å². The summed E-state index contributed by atoms with van der Waals surface area (Å²) in [7, 11) is 1.69. The van der Waals surface area contributed by atoms with E-state index in [9.17, 15) is 0 Å². The number of aliphatic imine (C=N–C) groups is 1. The lowest BCUT2D eigenvalue weighted by atomic mass is 10.0. The summed E-state index contributed by atoms with van der Waals surface area (Å²) in [6.45, 7) is 9.80. The summed E-state index contributed by atoms with van der Waals surface area (Å²) >= 11 is 1.69. The first-order valence-electron chi connectivity index (χ1n) is 10.6. The molecule has 1 aromatic carbocycles. The Hall–Kier alpha value is -2.16. The lowest BCUT2D eigenvalue weighted by Crippen LogP contribution is -2.42. The minimum atomic E-state index is 0.205. The molecule has 0 saturated carbocycles. The first-order valence-corrected chi connectivity index (χ1v) is 11.5. The molecule has 0 amide bonds. The van der Waals surface area contributed by atoms with E-state index in [2.05, 4.69) is 45.0 Å². The molecular formula is C22H33N5O2S. The maximum Gasteiger partial charge on any atom is 0.191 e. The van der Waals surface area contributed by atoms with Crippen LogP contribution in [0.2, 0.25) is 0 Å². The van der Waals surface area contributed by atoms with Crippen molar-refractivity contribution in [3.8, 4) is 5.75 Å². The number of thiazole rings is 1. The van der Waals surface area contributed by atoms with Gasteiger partial charge in [0.1, 0.15) is 5.75 Å². The number of hydrogen-bond donors (Lipinski definition) is 2. The van der Waals surface area contributed by atoms with Gasteiger partial charge in [-0.1, -0.05) is 12.1 Å². The number of nitrogens with one attached hydrogen (secondary N) is 2. The molecule has 2 N–H and O–H groups in total. The number of aryl methyl sites for hydroxylation is 1. The van der Waals surface area contributed by atoms with Gasteiger partial charge in [-0.05, 0) is 31.5 Å². The third-order valence-electron chi connectivity index (χ3n) is 5.09. The molecule has 2 aromatic rings. The predicted molar refractivity (Wildman–Crippen MR) is 123 cm³/mol. The zero-order chi connectivity index (χ0) is 21.2. The number of ether oxygens (including phenoxy) is 2. The molecule has 164 valence electrons. The Morgan fingerprint density at radius 3 is 2.67 bits per heavy atom. The van der Waals surface area contributed by atoms with Crippen LogP contribution in [0.1, 0.15) is 29.2 Å². The van der Waals surface area contributed by atoms with Crippen molar-refractivity contribution in [2.45, 2.75) is 26.3 Å². The summed E-state index contributed by atoms with van der Waals surface area (Å²) in [6, 6.07) is 8.52. The Bertz CT molecular complexity index is 787. The van der Waals surface area contributed by atoms with Crippen molar-refractivity contribution in [2.24, 2.45) is 4.99 Å². The topological polar surface area (TPSA) is 71.0 Å². The molecular weight excluding hydrogens is 398 g/mol. The zero-order valence-electron chi connectivity index (χ0n) is 18.2. The van der Waals surface area contributed by atoms with E-state index in [0.29, 0.717) is 6.54 Å². The van der Waals surface area contributed by atoms with Gasteiger partial charge < -0.3 is 20.1 Å². The van der Waals surface area contributed by atoms with Crippen LogP contribution in [0, 0.1) is 6.92 Å². The maximum absolute atomic E-state index is 5.56. The van der Waals surface area contributed by atoms with E-state index in [1.165, 1.54) is 5.56 Å². The molecule has 3 rings (SSSR count). The van der Waals surface area contributed by atoms with Gasteiger partial charge >= 0.3 is 0 Å². The third-order valence-corrected chi connectivity index (χ3v) is 5.92. The molecule has 30 heavy (non-hydrogen) atoms. The van der Waals surface area contributed by atoms with Crippen molar-refractivity contribution in [1.82, 2.24) is 20.5 Å². The highest BCUT2D eigenvalue weighted by atomic mass is 32.1. The highest BCUT2D eigenvalue weighted by Gasteiger charge is 2.22. The SMILES string of the molecule is CCNC(=NCC(c1ccc(OC)cc1)N1CCOCC1)NCCc1csc(C)n1. The second-order valence-electron chi connectivity index (χ2n) is 7.19. The summed E-state index contributed by atoms with van der Waals surface area (Å²) in [5.41, 5.74) is 2.38. The molecule has 0 bridgehead atoms. The molecule has 7 nitrogen and oxygen atoms in total. The van der Waals surface area contributed by atoms with E-state index in [0.717, 1.165) is 68.2 Å². The second kappa shape index (κ2) is 11.9. The van der Waals surface area contributed by atoms with Gasteiger partial charge in [-0.25, -0.2) is 4.98 Å². The van der Waals surface area contributed by atoms with E-state index in [1.54, 1.807) is 18.4 Å². The van der Waals surface area contributed by atoms with Crippen molar-refractivity contribution in [3.63, 3.8) is 0 Å². The smallest absolute Gasteiger partial charge is 0.191 e. The Kier molecular flexibility index (Phi) is 8.92. The molecule has 1 aliphatic rings.